The van der Waals surface area contributed by atoms with Crippen LogP contribution >= 0.6 is 0 Å². The number of hydrogen-bond acceptors (Lipinski definition) is 4. The van der Waals surface area contributed by atoms with Gasteiger partial charge in [0.05, 0.1) is 12.6 Å². The molecular formula is C22H22FN3O. The van der Waals surface area contributed by atoms with E-state index in [1.165, 1.54) is 0 Å². The summed E-state index contributed by atoms with van der Waals surface area (Å²) < 4.78 is 19.1. The molecule has 0 N–H and O–H groups in total. The summed E-state index contributed by atoms with van der Waals surface area (Å²) in [5, 5.41) is 1.07. The first-order valence-electron chi connectivity index (χ1n) is 9.36. The van der Waals surface area contributed by atoms with Crippen LogP contribution in [0.3, 0.4) is 0 Å². The summed E-state index contributed by atoms with van der Waals surface area (Å²) in [7, 11) is 3.80. The van der Waals surface area contributed by atoms with Gasteiger partial charge in [0.2, 0.25) is 0 Å². The van der Waals surface area contributed by atoms with Gasteiger partial charge in [-0.1, -0.05) is 0 Å². The van der Waals surface area contributed by atoms with Crippen molar-refractivity contribution >= 4 is 22.4 Å². The number of hydrogen-bond donors (Lipinski definition) is 0. The number of aromatic nitrogens is 1. The molecule has 138 valence electrons. The summed E-state index contributed by atoms with van der Waals surface area (Å²) in [5.41, 5.74) is 3.25. The summed E-state index contributed by atoms with van der Waals surface area (Å²) in [6.07, 6.45) is 1.04. The Bertz CT molecular complexity index is 1020. The number of piperidine rings is 1. The van der Waals surface area contributed by atoms with Crippen molar-refractivity contribution in [1.82, 2.24) is 4.98 Å². The van der Waals surface area contributed by atoms with E-state index in [0.717, 1.165) is 53.2 Å². The molecule has 1 saturated heterocycles. The van der Waals surface area contributed by atoms with Crippen LogP contribution in [-0.4, -0.2) is 38.3 Å². The summed E-state index contributed by atoms with van der Waals surface area (Å²) in [4.78, 5) is 9.51. The van der Waals surface area contributed by atoms with Gasteiger partial charge in [0, 0.05) is 43.2 Å². The average Bonchev–Trinajstić information content (AvgIpc) is 2.98. The molecule has 0 radical (unpaired) electrons. The lowest BCUT2D eigenvalue weighted by molar-refractivity contribution is 0.415. The molecule has 2 aromatic carbocycles. The lowest BCUT2D eigenvalue weighted by Crippen LogP contribution is -2.45. The third-order valence-electron chi connectivity index (χ3n) is 6.05. The van der Waals surface area contributed by atoms with Crippen molar-refractivity contribution in [3.63, 3.8) is 0 Å². The number of nitrogens with zero attached hydrogens (tertiary/aromatic N) is 3. The fraction of sp³-hybridized carbons (Fsp3) is 0.318. The lowest BCUT2D eigenvalue weighted by Gasteiger charge is -2.38. The number of anilines is 2. The minimum atomic E-state index is -0.155. The highest BCUT2D eigenvalue weighted by atomic mass is 19.1. The highest BCUT2D eigenvalue weighted by Crippen LogP contribution is 2.44. The second-order valence-electron chi connectivity index (χ2n) is 7.45. The van der Waals surface area contributed by atoms with Crippen LogP contribution in [0, 0.1) is 5.82 Å². The van der Waals surface area contributed by atoms with E-state index in [9.17, 15) is 4.39 Å². The Balaban J connectivity index is 1.47. The molecule has 2 unspecified atom stereocenters. The maximum Gasteiger partial charge on any atom is 0.129 e. The first-order valence-corrected chi connectivity index (χ1v) is 9.36. The zero-order valence-electron chi connectivity index (χ0n) is 15.5. The topological polar surface area (TPSA) is 28.6 Å². The Labute approximate surface area is 158 Å². The molecule has 5 rings (SSSR count). The molecule has 2 atom stereocenters. The molecule has 1 fully saturated rings. The van der Waals surface area contributed by atoms with Crippen molar-refractivity contribution in [2.45, 2.75) is 18.4 Å². The first-order chi connectivity index (χ1) is 13.1. The van der Waals surface area contributed by atoms with Crippen LogP contribution < -0.4 is 14.5 Å². The van der Waals surface area contributed by atoms with E-state index in [-0.39, 0.29) is 5.82 Å². The third kappa shape index (κ3) is 2.60. The summed E-state index contributed by atoms with van der Waals surface area (Å²) in [6.45, 7) is 1.82. The van der Waals surface area contributed by atoms with E-state index >= 15 is 0 Å². The van der Waals surface area contributed by atoms with E-state index in [1.54, 1.807) is 19.2 Å². The van der Waals surface area contributed by atoms with Gasteiger partial charge in [-0.3, -0.25) is 0 Å². The monoisotopic (exact) mass is 363 g/mol. The predicted octanol–water partition coefficient (Wildman–Crippen LogP) is 4.19. The Hall–Kier alpha value is -2.82. The molecule has 3 heterocycles. The molecule has 4 nitrogen and oxygen atoms in total. The highest BCUT2D eigenvalue weighted by Gasteiger charge is 2.40. The van der Waals surface area contributed by atoms with Crippen LogP contribution in [0.25, 0.3) is 10.9 Å². The quantitative estimate of drug-likeness (QED) is 0.682. The zero-order chi connectivity index (χ0) is 18.5. The fourth-order valence-corrected chi connectivity index (χ4v) is 4.64. The Kier molecular flexibility index (Phi) is 3.71. The number of pyridine rings is 1. The van der Waals surface area contributed by atoms with Crippen LogP contribution in [0.2, 0.25) is 0 Å². The molecule has 0 aliphatic carbocycles. The van der Waals surface area contributed by atoms with E-state index in [0.29, 0.717) is 12.0 Å². The van der Waals surface area contributed by atoms with E-state index < -0.39 is 0 Å². The minimum absolute atomic E-state index is 0.155. The molecule has 5 heteroatoms. The average molecular weight is 363 g/mol. The number of likely N-dealkylation sites (N-methyl/N-ethyl adjacent to an activating group) is 1. The van der Waals surface area contributed by atoms with Crippen molar-refractivity contribution in [2.24, 2.45) is 0 Å². The van der Waals surface area contributed by atoms with Crippen molar-refractivity contribution in [2.75, 3.05) is 37.0 Å². The van der Waals surface area contributed by atoms with Gasteiger partial charge in [-0.05, 0) is 60.5 Å². The van der Waals surface area contributed by atoms with Crippen LogP contribution in [0.4, 0.5) is 15.9 Å². The Morgan fingerprint density at radius 1 is 1.11 bits per heavy atom. The molecule has 0 amide bonds. The maximum atomic E-state index is 13.8. The van der Waals surface area contributed by atoms with Crippen molar-refractivity contribution < 1.29 is 9.13 Å². The molecule has 0 spiro atoms. The second kappa shape index (κ2) is 6.12. The fourth-order valence-electron chi connectivity index (χ4n) is 4.64. The van der Waals surface area contributed by atoms with E-state index in [2.05, 4.69) is 29.0 Å². The number of ether oxygens (including phenoxy) is 1. The molecule has 0 bridgehead atoms. The van der Waals surface area contributed by atoms with E-state index in [4.69, 9.17) is 9.72 Å². The number of rotatable bonds is 2. The Morgan fingerprint density at radius 2 is 2.00 bits per heavy atom. The largest absolute Gasteiger partial charge is 0.497 e. The molecule has 0 saturated carbocycles. The van der Waals surface area contributed by atoms with Gasteiger partial charge in [0.15, 0.2) is 0 Å². The van der Waals surface area contributed by atoms with Gasteiger partial charge < -0.3 is 14.5 Å². The summed E-state index contributed by atoms with van der Waals surface area (Å²) >= 11 is 0. The lowest BCUT2D eigenvalue weighted by atomic mass is 9.89. The van der Waals surface area contributed by atoms with Gasteiger partial charge in [0.1, 0.15) is 17.4 Å². The summed E-state index contributed by atoms with van der Waals surface area (Å²) in [5.74, 6) is 1.98. The van der Waals surface area contributed by atoms with Gasteiger partial charge >= 0.3 is 0 Å². The van der Waals surface area contributed by atoms with Crippen LogP contribution in [-0.2, 0) is 0 Å². The van der Waals surface area contributed by atoms with Crippen molar-refractivity contribution in [1.29, 1.82) is 0 Å². The van der Waals surface area contributed by atoms with Gasteiger partial charge in [-0.15, -0.1) is 0 Å². The van der Waals surface area contributed by atoms with Crippen LogP contribution in [0.5, 0.6) is 5.75 Å². The smallest absolute Gasteiger partial charge is 0.129 e. The molecule has 27 heavy (non-hydrogen) atoms. The number of benzene rings is 2. The van der Waals surface area contributed by atoms with Crippen LogP contribution in [0.15, 0.2) is 48.5 Å². The minimum Gasteiger partial charge on any atom is -0.497 e. The molecule has 2 aliphatic heterocycles. The molecule has 3 aromatic rings. The molecule has 2 aliphatic rings. The van der Waals surface area contributed by atoms with Crippen LogP contribution in [0.1, 0.15) is 17.9 Å². The standard InChI is InChI=1S/C22H22FN3O/c1-25-20-7-4-15(23)12-17(20)18-13-26(10-9-21(18)25)22-8-3-14-11-16(27-2)5-6-19(14)24-22/h3-8,11-12,18,21H,9-10,13H2,1-2H3. The van der Waals surface area contributed by atoms with Crippen molar-refractivity contribution in [3.05, 3.63) is 59.9 Å². The van der Waals surface area contributed by atoms with E-state index in [1.807, 2.05) is 24.3 Å². The maximum absolute atomic E-state index is 13.8. The normalized spacial score (nSPS) is 21.3. The van der Waals surface area contributed by atoms with Gasteiger partial charge in [0.25, 0.3) is 0 Å². The molecule has 1 aromatic heterocycles. The number of fused-ring (bicyclic) bond motifs is 4. The first kappa shape index (κ1) is 16.4. The predicted molar refractivity (Wildman–Crippen MR) is 106 cm³/mol. The number of halogens is 1. The third-order valence-corrected chi connectivity index (χ3v) is 6.05. The van der Waals surface area contributed by atoms with Crippen molar-refractivity contribution in [3.8, 4) is 5.75 Å². The molecular weight excluding hydrogens is 341 g/mol. The Morgan fingerprint density at radius 3 is 2.85 bits per heavy atom. The zero-order valence-corrected chi connectivity index (χ0v) is 15.5. The SMILES string of the molecule is COc1ccc2nc(N3CCC4C(C3)c3cc(F)ccc3N4C)ccc2c1. The summed E-state index contributed by atoms with van der Waals surface area (Å²) in [6, 6.07) is 15.7. The number of methoxy groups -OCH3 is 1. The second-order valence-corrected chi connectivity index (χ2v) is 7.45. The van der Waals surface area contributed by atoms with Gasteiger partial charge in [-0.2, -0.15) is 0 Å². The van der Waals surface area contributed by atoms with Gasteiger partial charge in [-0.25, -0.2) is 9.37 Å². The highest BCUT2D eigenvalue weighted by molar-refractivity contribution is 5.82.